The Morgan fingerprint density at radius 1 is 1.29 bits per heavy atom. The number of nitrogens with zero attached hydrogens (tertiary/aromatic N) is 1. The first kappa shape index (κ1) is 16.1. The molecule has 2 heterocycles. The summed E-state index contributed by atoms with van der Waals surface area (Å²) in [5, 5.41) is 0. The van der Waals surface area contributed by atoms with E-state index in [4.69, 9.17) is 14.0 Å². The van der Waals surface area contributed by atoms with Gasteiger partial charge in [0.25, 0.3) is 0 Å². The number of aryl methyl sites for hydroxylation is 1. The van der Waals surface area contributed by atoms with Crippen LogP contribution < -0.4 is 5.46 Å². The lowest BCUT2D eigenvalue weighted by Gasteiger charge is -2.32. The van der Waals surface area contributed by atoms with Crippen LogP contribution in [0.4, 0.5) is 0 Å². The van der Waals surface area contributed by atoms with Crippen LogP contribution in [0.2, 0.25) is 0 Å². The molecule has 1 aromatic heterocycles. The largest absolute Gasteiger partial charge is 0.496 e. The Balaban J connectivity index is 2.25. The number of hydrogen-bond donors (Lipinski definition) is 0. The van der Waals surface area contributed by atoms with Crippen LogP contribution in [0.3, 0.4) is 0 Å². The third-order valence-corrected chi connectivity index (χ3v) is 4.22. The van der Waals surface area contributed by atoms with Gasteiger partial charge in [-0.05, 0) is 46.2 Å². The van der Waals surface area contributed by atoms with Crippen molar-refractivity contribution in [1.29, 1.82) is 0 Å². The molecule has 0 aromatic carbocycles. The fourth-order valence-electron chi connectivity index (χ4n) is 2.14. The van der Waals surface area contributed by atoms with Crippen molar-refractivity contribution in [2.45, 2.75) is 45.8 Å². The van der Waals surface area contributed by atoms with Gasteiger partial charge in [0.1, 0.15) is 12.3 Å². The monoisotopic (exact) mass is 291 g/mol. The Labute approximate surface area is 126 Å². The molecule has 1 aromatic rings. The fourth-order valence-corrected chi connectivity index (χ4v) is 2.14. The molecule has 2 rings (SSSR count). The minimum atomic E-state index is -0.464. The first-order valence-corrected chi connectivity index (χ1v) is 7.02. The molecule has 0 atom stereocenters. The quantitative estimate of drug-likeness (QED) is 0.622. The molecule has 1 aliphatic rings. The second kappa shape index (κ2) is 5.52. The number of methoxy groups -OCH3 is 1. The van der Waals surface area contributed by atoms with Crippen molar-refractivity contribution in [2.75, 3.05) is 13.7 Å². The topological polar surface area (TPSA) is 57.7 Å². The second-order valence-electron chi connectivity index (χ2n) is 6.37. The van der Waals surface area contributed by atoms with E-state index in [9.17, 15) is 4.79 Å². The molecule has 0 unspecified atom stereocenters. The zero-order chi connectivity index (χ0) is 15.8. The third kappa shape index (κ3) is 3.02. The van der Waals surface area contributed by atoms with E-state index in [-0.39, 0.29) is 12.4 Å². The summed E-state index contributed by atoms with van der Waals surface area (Å²) in [5.41, 5.74) is 1.38. The van der Waals surface area contributed by atoms with Gasteiger partial charge in [-0.15, -0.1) is 0 Å². The summed E-state index contributed by atoms with van der Waals surface area (Å²) < 4.78 is 16.9. The number of Topliss-reactive ketones (excluding diaryl/α,β-unsaturated/α-hetero) is 1. The summed E-state index contributed by atoms with van der Waals surface area (Å²) in [5.74, 6) is -0.138. The number of ether oxygens (including phenoxy) is 1. The highest BCUT2D eigenvalue weighted by Crippen LogP contribution is 2.36. The van der Waals surface area contributed by atoms with Gasteiger partial charge >= 0.3 is 7.12 Å². The molecule has 1 fully saturated rings. The van der Waals surface area contributed by atoms with Gasteiger partial charge in [0.2, 0.25) is 5.78 Å². The number of carbonyl (C=O) groups excluding carboxylic acids is 1. The highest BCUT2D eigenvalue weighted by Gasteiger charge is 2.52. The summed E-state index contributed by atoms with van der Waals surface area (Å²) in [6, 6.07) is 1.75. The standard InChI is InChI=1S/C15H22BNO4/c1-10-7-12(13(18)9-19-6)17-8-11(10)16-20-14(2,3)15(4,5)21-16/h7-8H,9H2,1-6H3. The maximum absolute atomic E-state index is 11.8. The SMILES string of the molecule is COCC(=O)c1cc(C)c(B2OC(C)(C)C(C)(C)O2)cn1. The molecule has 0 N–H and O–H groups in total. The van der Waals surface area contributed by atoms with E-state index in [0.717, 1.165) is 11.0 Å². The molecule has 0 radical (unpaired) electrons. The van der Waals surface area contributed by atoms with Gasteiger partial charge in [-0.3, -0.25) is 9.78 Å². The molecule has 0 aliphatic carbocycles. The zero-order valence-corrected chi connectivity index (χ0v) is 13.5. The Bertz CT molecular complexity index is 541. The van der Waals surface area contributed by atoms with Crippen molar-refractivity contribution in [3.05, 3.63) is 23.5 Å². The van der Waals surface area contributed by atoms with Crippen LogP contribution in [0.15, 0.2) is 12.3 Å². The van der Waals surface area contributed by atoms with Gasteiger partial charge in [0.05, 0.1) is 11.2 Å². The van der Waals surface area contributed by atoms with Crippen molar-refractivity contribution in [3.8, 4) is 0 Å². The van der Waals surface area contributed by atoms with E-state index in [1.807, 2.05) is 34.6 Å². The molecule has 0 spiro atoms. The van der Waals surface area contributed by atoms with Gasteiger partial charge in [-0.1, -0.05) is 0 Å². The Kier molecular flexibility index (Phi) is 4.24. The predicted octanol–water partition coefficient (Wildman–Crippen LogP) is 1.52. The molecule has 0 bridgehead atoms. The molecule has 6 heteroatoms. The van der Waals surface area contributed by atoms with Gasteiger partial charge in [0.15, 0.2) is 0 Å². The Morgan fingerprint density at radius 2 is 1.86 bits per heavy atom. The Morgan fingerprint density at radius 3 is 2.33 bits per heavy atom. The Hall–Kier alpha value is -1.24. The lowest BCUT2D eigenvalue weighted by Crippen LogP contribution is -2.41. The summed E-state index contributed by atoms with van der Waals surface area (Å²) in [6.45, 7) is 9.98. The average Bonchev–Trinajstić information content (AvgIpc) is 2.58. The normalized spacial score (nSPS) is 19.8. The van der Waals surface area contributed by atoms with Crippen LogP contribution in [0.1, 0.15) is 43.7 Å². The van der Waals surface area contributed by atoms with Crippen LogP contribution in [0.25, 0.3) is 0 Å². The number of pyridine rings is 1. The molecule has 5 nitrogen and oxygen atoms in total. The first-order valence-electron chi connectivity index (χ1n) is 7.02. The number of aromatic nitrogens is 1. The molecule has 1 aliphatic heterocycles. The van der Waals surface area contributed by atoms with Crippen LogP contribution in [0, 0.1) is 6.92 Å². The van der Waals surface area contributed by atoms with Gasteiger partial charge < -0.3 is 14.0 Å². The maximum Gasteiger partial charge on any atom is 0.496 e. The molecular weight excluding hydrogens is 269 g/mol. The highest BCUT2D eigenvalue weighted by molar-refractivity contribution is 6.62. The van der Waals surface area contributed by atoms with Gasteiger partial charge in [-0.2, -0.15) is 0 Å². The number of carbonyl (C=O) groups is 1. The minimum Gasteiger partial charge on any atom is -0.399 e. The first-order chi connectivity index (χ1) is 9.68. The van der Waals surface area contributed by atoms with Gasteiger partial charge in [0, 0.05) is 18.8 Å². The van der Waals surface area contributed by atoms with Crippen molar-refractivity contribution < 1.29 is 18.8 Å². The van der Waals surface area contributed by atoms with Crippen LogP contribution in [0.5, 0.6) is 0 Å². The van der Waals surface area contributed by atoms with Crippen LogP contribution in [-0.2, 0) is 14.0 Å². The average molecular weight is 291 g/mol. The molecule has 0 amide bonds. The van der Waals surface area contributed by atoms with Crippen LogP contribution in [-0.4, -0.2) is 42.8 Å². The van der Waals surface area contributed by atoms with E-state index in [1.165, 1.54) is 7.11 Å². The fraction of sp³-hybridized carbons (Fsp3) is 0.600. The van der Waals surface area contributed by atoms with E-state index in [2.05, 4.69) is 4.98 Å². The third-order valence-electron chi connectivity index (χ3n) is 4.22. The lowest BCUT2D eigenvalue weighted by atomic mass is 9.77. The van der Waals surface area contributed by atoms with Crippen LogP contribution >= 0.6 is 0 Å². The number of ketones is 1. The number of rotatable bonds is 4. The molecular formula is C15H22BNO4. The van der Waals surface area contributed by atoms with Crippen molar-refractivity contribution in [1.82, 2.24) is 4.98 Å². The summed E-state index contributed by atoms with van der Waals surface area (Å²) in [7, 11) is 1.03. The van der Waals surface area contributed by atoms with Gasteiger partial charge in [-0.25, -0.2) is 0 Å². The summed E-state index contributed by atoms with van der Waals surface area (Å²) in [6.07, 6.45) is 1.65. The zero-order valence-electron chi connectivity index (χ0n) is 13.5. The highest BCUT2D eigenvalue weighted by atomic mass is 16.7. The number of hydrogen-bond acceptors (Lipinski definition) is 5. The minimum absolute atomic E-state index is 0.0300. The molecule has 114 valence electrons. The molecule has 1 saturated heterocycles. The van der Waals surface area contributed by atoms with E-state index < -0.39 is 18.3 Å². The molecule has 0 saturated carbocycles. The van der Waals surface area contributed by atoms with Crippen molar-refractivity contribution in [3.63, 3.8) is 0 Å². The second-order valence-corrected chi connectivity index (χ2v) is 6.37. The lowest BCUT2D eigenvalue weighted by molar-refractivity contribution is 0.00578. The predicted molar refractivity (Wildman–Crippen MR) is 80.9 cm³/mol. The van der Waals surface area contributed by atoms with Crippen molar-refractivity contribution >= 4 is 18.4 Å². The summed E-state index contributed by atoms with van der Waals surface area (Å²) in [4.78, 5) is 16.0. The smallest absolute Gasteiger partial charge is 0.399 e. The maximum atomic E-state index is 11.8. The van der Waals surface area contributed by atoms with E-state index in [1.54, 1.807) is 12.3 Å². The van der Waals surface area contributed by atoms with Crippen molar-refractivity contribution in [2.24, 2.45) is 0 Å². The summed E-state index contributed by atoms with van der Waals surface area (Å²) >= 11 is 0. The van der Waals surface area contributed by atoms with E-state index >= 15 is 0 Å². The molecule has 21 heavy (non-hydrogen) atoms. The van der Waals surface area contributed by atoms with E-state index in [0.29, 0.717) is 5.69 Å².